The first-order valence-electron chi connectivity index (χ1n) is 7.99. The SMILES string of the molecule is CCCCOCO/C(OCCC)=C(/CCC)OCCC. The molecule has 0 bridgehead atoms. The minimum absolute atomic E-state index is 0.224. The summed E-state index contributed by atoms with van der Waals surface area (Å²) in [6, 6.07) is 0. The van der Waals surface area contributed by atoms with Gasteiger partial charge in [0.25, 0.3) is 0 Å². The van der Waals surface area contributed by atoms with Crippen molar-refractivity contribution >= 4 is 0 Å². The molecule has 0 saturated carbocycles. The fourth-order valence-electron chi connectivity index (χ4n) is 1.48. The lowest BCUT2D eigenvalue weighted by Crippen LogP contribution is -2.09. The highest BCUT2D eigenvalue weighted by Crippen LogP contribution is 2.16. The highest BCUT2D eigenvalue weighted by Gasteiger charge is 2.11. The summed E-state index contributed by atoms with van der Waals surface area (Å²) in [5, 5.41) is 0. The zero-order chi connectivity index (χ0) is 15.1. The molecule has 0 amide bonds. The van der Waals surface area contributed by atoms with Crippen molar-refractivity contribution in [2.75, 3.05) is 26.6 Å². The Hall–Kier alpha value is -0.900. The first-order chi connectivity index (χ1) is 9.79. The van der Waals surface area contributed by atoms with Crippen LogP contribution < -0.4 is 0 Å². The van der Waals surface area contributed by atoms with Gasteiger partial charge >= 0.3 is 5.95 Å². The van der Waals surface area contributed by atoms with E-state index in [0.29, 0.717) is 19.2 Å². The number of rotatable bonds is 14. The molecule has 4 heteroatoms. The van der Waals surface area contributed by atoms with Crippen molar-refractivity contribution in [3.8, 4) is 0 Å². The fraction of sp³-hybridized carbons (Fsp3) is 0.875. The quantitative estimate of drug-likeness (QED) is 0.266. The van der Waals surface area contributed by atoms with E-state index >= 15 is 0 Å². The van der Waals surface area contributed by atoms with Gasteiger partial charge in [0, 0.05) is 6.42 Å². The smallest absolute Gasteiger partial charge is 0.321 e. The highest BCUT2D eigenvalue weighted by atomic mass is 16.7. The van der Waals surface area contributed by atoms with Gasteiger partial charge < -0.3 is 18.9 Å². The van der Waals surface area contributed by atoms with Crippen molar-refractivity contribution in [2.24, 2.45) is 0 Å². The normalized spacial score (nSPS) is 12.0. The van der Waals surface area contributed by atoms with E-state index in [1.165, 1.54) is 0 Å². The minimum atomic E-state index is 0.224. The van der Waals surface area contributed by atoms with Crippen molar-refractivity contribution in [1.82, 2.24) is 0 Å². The van der Waals surface area contributed by atoms with Crippen LogP contribution >= 0.6 is 0 Å². The van der Waals surface area contributed by atoms with Crippen molar-refractivity contribution in [2.45, 2.75) is 66.2 Å². The summed E-state index contributed by atoms with van der Waals surface area (Å²) >= 11 is 0. The Morgan fingerprint density at radius 3 is 2.00 bits per heavy atom. The molecule has 0 aliphatic carbocycles. The summed E-state index contributed by atoms with van der Waals surface area (Å²) in [6.45, 7) is 10.7. The van der Waals surface area contributed by atoms with E-state index in [4.69, 9.17) is 18.9 Å². The second-order valence-electron chi connectivity index (χ2n) is 4.68. The van der Waals surface area contributed by atoms with Gasteiger partial charge in [-0.1, -0.05) is 34.1 Å². The molecule has 0 aromatic rings. The molecule has 0 atom stereocenters. The molecule has 0 aromatic heterocycles. The Kier molecular flexibility index (Phi) is 13.9. The molecule has 4 nitrogen and oxygen atoms in total. The lowest BCUT2D eigenvalue weighted by molar-refractivity contribution is -0.0838. The second-order valence-corrected chi connectivity index (χ2v) is 4.68. The molecule has 0 fully saturated rings. The van der Waals surface area contributed by atoms with E-state index in [-0.39, 0.29) is 6.79 Å². The maximum Gasteiger partial charge on any atom is 0.321 e. The molecular weight excluding hydrogens is 256 g/mol. The summed E-state index contributed by atoms with van der Waals surface area (Å²) in [5.74, 6) is 1.31. The van der Waals surface area contributed by atoms with E-state index in [0.717, 1.165) is 50.9 Å². The predicted molar refractivity (Wildman–Crippen MR) is 81.2 cm³/mol. The number of allylic oxidation sites excluding steroid dienone is 1. The average Bonchev–Trinajstić information content (AvgIpc) is 2.46. The van der Waals surface area contributed by atoms with Gasteiger partial charge in [0.05, 0.1) is 19.8 Å². The van der Waals surface area contributed by atoms with E-state index in [1.807, 2.05) is 0 Å². The molecular formula is C16H32O4. The van der Waals surface area contributed by atoms with Crippen LogP contribution in [0.1, 0.15) is 66.2 Å². The summed E-state index contributed by atoms with van der Waals surface area (Å²) in [4.78, 5) is 0. The molecule has 0 aliphatic heterocycles. The van der Waals surface area contributed by atoms with Gasteiger partial charge in [0.15, 0.2) is 12.6 Å². The van der Waals surface area contributed by atoms with E-state index in [9.17, 15) is 0 Å². The lowest BCUT2D eigenvalue weighted by Gasteiger charge is -2.17. The Balaban J connectivity index is 4.42. The lowest BCUT2D eigenvalue weighted by atomic mass is 10.3. The zero-order valence-corrected chi connectivity index (χ0v) is 13.7. The van der Waals surface area contributed by atoms with Gasteiger partial charge in [-0.2, -0.15) is 0 Å². The molecule has 0 spiro atoms. The molecule has 0 heterocycles. The minimum Gasteiger partial charge on any atom is -0.491 e. The first-order valence-corrected chi connectivity index (χ1v) is 7.99. The topological polar surface area (TPSA) is 36.9 Å². The third-order valence-corrected chi connectivity index (χ3v) is 2.54. The molecule has 0 aromatic carbocycles. The zero-order valence-electron chi connectivity index (χ0n) is 13.7. The first kappa shape index (κ1) is 19.1. The molecule has 0 aliphatic rings. The maximum atomic E-state index is 5.74. The summed E-state index contributed by atoms with van der Waals surface area (Å²) in [7, 11) is 0. The van der Waals surface area contributed by atoms with E-state index in [1.54, 1.807) is 0 Å². The molecule has 0 N–H and O–H groups in total. The third kappa shape index (κ3) is 9.96. The Labute approximate surface area is 124 Å². The van der Waals surface area contributed by atoms with Crippen LogP contribution in [0.3, 0.4) is 0 Å². The molecule has 120 valence electrons. The predicted octanol–water partition coefficient (Wildman–Crippen LogP) is 4.60. The largest absolute Gasteiger partial charge is 0.491 e. The van der Waals surface area contributed by atoms with Crippen molar-refractivity contribution in [3.63, 3.8) is 0 Å². The van der Waals surface area contributed by atoms with Crippen LogP contribution in [0.15, 0.2) is 11.7 Å². The molecule has 0 radical (unpaired) electrons. The summed E-state index contributed by atoms with van der Waals surface area (Å²) < 4.78 is 22.4. The van der Waals surface area contributed by atoms with E-state index < -0.39 is 0 Å². The second kappa shape index (κ2) is 14.5. The van der Waals surface area contributed by atoms with Crippen molar-refractivity contribution in [1.29, 1.82) is 0 Å². The van der Waals surface area contributed by atoms with Crippen molar-refractivity contribution in [3.05, 3.63) is 11.7 Å². The average molecular weight is 288 g/mol. The highest BCUT2D eigenvalue weighted by molar-refractivity contribution is 4.95. The van der Waals surface area contributed by atoms with Crippen LogP contribution in [0.2, 0.25) is 0 Å². The van der Waals surface area contributed by atoms with Gasteiger partial charge in [-0.25, -0.2) is 0 Å². The van der Waals surface area contributed by atoms with Crippen LogP contribution in [0.5, 0.6) is 0 Å². The molecule has 0 unspecified atom stereocenters. The maximum absolute atomic E-state index is 5.74. The van der Waals surface area contributed by atoms with Gasteiger partial charge in [0.1, 0.15) is 0 Å². The Morgan fingerprint density at radius 1 is 0.700 bits per heavy atom. The van der Waals surface area contributed by atoms with Crippen LogP contribution in [0, 0.1) is 0 Å². The van der Waals surface area contributed by atoms with Gasteiger partial charge in [-0.05, 0) is 25.7 Å². The number of hydrogen-bond donors (Lipinski definition) is 0. The van der Waals surface area contributed by atoms with Crippen molar-refractivity contribution < 1.29 is 18.9 Å². The number of unbranched alkanes of at least 4 members (excludes halogenated alkanes) is 1. The van der Waals surface area contributed by atoms with Crippen LogP contribution in [-0.2, 0) is 18.9 Å². The molecule has 20 heavy (non-hydrogen) atoms. The third-order valence-electron chi connectivity index (χ3n) is 2.54. The van der Waals surface area contributed by atoms with Gasteiger partial charge in [-0.15, -0.1) is 0 Å². The standard InChI is InChI=1S/C16H32O4/c1-5-9-13-17-14-20-16(19-12-8-4)15(10-6-2)18-11-7-3/h5-14H2,1-4H3/b16-15-. The summed E-state index contributed by atoms with van der Waals surface area (Å²) in [6.07, 6.45) is 5.91. The summed E-state index contributed by atoms with van der Waals surface area (Å²) in [5.41, 5.74) is 0. The van der Waals surface area contributed by atoms with E-state index in [2.05, 4.69) is 27.7 Å². The number of hydrogen-bond acceptors (Lipinski definition) is 4. The van der Waals surface area contributed by atoms with Crippen LogP contribution in [-0.4, -0.2) is 26.6 Å². The van der Waals surface area contributed by atoms with Crippen LogP contribution in [0.25, 0.3) is 0 Å². The number of ether oxygens (including phenoxy) is 4. The van der Waals surface area contributed by atoms with Crippen LogP contribution in [0.4, 0.5) is 0 Å². The molecule has 0 rings (SSSR count). The van der Waals surface area contributed by atoms with Gasteiger partial charge in [-0.3, -0.25) is 0 Å². The Bertz CT molecular complexity index is 239. The van der Waals surface area contributed by atoms with Gasteiger partial charge in [0.2, 0.25) is 0 Å². The monoisotopic (exact) mass is 288 g/mol. The molecule has 0 saturated heterocycles. The Morgan fingerprint density at radius 2 is 1.40 bits per heavy atom. The fourth-order valence-corrected chi connectivity index (χ4v) is 1.48.